The lowest BCUT2D eigenvalue weighted by Crippen LogP contribution is -2.24. The van der Waals surface area contributed by atoms with Crippen LogP contribution in [0.3, 0.4) is 0 Å². The van der Waals surface area contributed by atoms with Gasteiger partial charge in [0.05, 0.1) is 25.4 Å². The predicted octanol–water partition coefficient (Wildman–Crippen LogP) is 3.16. The molecule has 0 fully saturated rings. The van der Waals surface area contributed by atoms with Gasteiger partial charge in [-0.1, -0.05) is 0 Å². The molecule has 0 aliphatic carbocycles. The lowest BCUT2D eigenvalue weighted by Gasteiger charge is -2.22. The van der Waals surface area contributed by atoms with E-state index >= 15 is 0 Å². The highest BCUT2D eigenvalue weighted by Gasteiger charge is 2.21. The maximum absolute atomic E-state index is 5.65. The Kier molecular flexibility index (Phi) is 6.83. The van der Waals surface area contributed by atoms with Gasteiger partial charge in [-0.15, -0.1) is 22.7 Å². The van der Waals surface area contributed by atoms with E-state index in [4.69, 9.17) is 9.47 Å². The summed E-state index contributed by atoms with van der Waals surface area (Å²) in [5.41, 5.74) is 2.78. The van der Waals surface area contributed by atoms with Gasteiger partial charge in [-0.3, -0.25) is 0 Å². The van der Waals surface area contributed by atoms with Crippen LogP contribution in [0.5, 0.6) is 0 Å². The number of hydrogen-bond acceptors (Lipinski definition) is 6. The minimum absolute atomic E-state index is 0.282. The first-order valence-corrected chi connectivity index (χ1v) is 10.2. The summed E-state index contributed by atoms with van der Waals surface area (Å²) in [5.74, 6) is 0. The molecule has 2 atom stereocenters. The Morgan fingerprint density at radius 2 is 1.33 bits per heavy atom. The third-order valence-corrected chi connectivity index (χ3v) is 6.32. The summed E-state index contributed by atoms with van der Waals surface area (Å²) in [4.78, 5) is 3.00. The molecule has 4 rings (SSSR count). The van der Waals surface area contributed by atoms with E-state index in [-0.39, 0.29) is 12.2 Å². The SMILES string of the molecule is CNC[C@@H]1OCCc2sccc21.CNC[C@H]1OCCc2sccc21. The summed E-state index contributed by atoms with van der Waals surface area (Å²) in [6.07, 6.45) is 2.75. The number of fused-ring (bicyclic) bond motifs is 2. The van der Waals surface area contributed by atoms with Gasteiger partial charge in [0.1, 0.15) is 0 Å². The van der Waals surface area contributed by atoms with E-state index in [1.165, 1.54) is 20.9 Å². The Hall–Kier alpha value is -0.760. The van der Waals surface area contributed by atoms with E-state index in [0.29, 0.717) is 0 Å². The maximum atomic E-state index is 5.65. The highest BCUT2D eigenvalue weighted by atomic mass is 32.1. The second-order valence-corrected chi connectivity index (χ2v) is 7.93. The second kappa shape index (κ2) is 9.08. The molecule has 4 heterocycles. The molecule has 2 aliphatic heterocycles. The number of hydrogen-bond donors (Lipinski definition) is 2. The van der Waals surface area contributed by atoms with Gasteiger partial charge in [0.2, 0.25) is 0 Å². The highest BCUT2D eigenvalue weighted by Crippen LogP contribution is 2.31. The van der Waals surface area contributed by atoms with Crippen LogP contribution in [0, 0.1) is 0 Å². The van der Waals surface area contributed by atoms with E-state index in [1.54, 1.807) is 0 Å². The van der Waals surface area contributed by atoms with Crippen LogP contribution in [-0.4, -0.2) is 40.4 Å². The van der Waals surface area contributed by atoms with E-state index in [1.807, 2.05) is 36.8 Å². The van der Waals surface area contributed by atoms with Gasteiger partial charge in [-0.2, -0.15) is 0 Å². The molecule has 2 aromatic heterocycles. The van der Waals surface area contributed by atoms with E-state index < -0.39 is 0 Å². The van der Waals surface area contributed by atoms with Crippen LogP contribution in [0.1, 0.15) is 33.1 Å². The fourth-order valence-electron chi connectivity index (χ4n) is 3.16. The summed E-state index contributed by atoms with van der Waals surface area (Å²) in [6, 6.07) is 4.36. The molecule has 132 valence electrons. The molecule has 2 aromatic rings. The number of likely N-dealkylation sites (N-methyl/N-ethyl adjacent to an activating group) is 2. The zero-order valence-corrected chi connectivity index (χ0v) is 16.0. The van der Waals surface area contributed by atoms with Crippen molar-refractivity contribution in [2.24, 2.45) is 0 Å². The first-order valence-electron chi connectivity index (χ1n) is 8.48. The number of thiophene rings is 2. The van der Waals surface area contributed by atoms with Gasteiger partial charge in [-0.05, 0) is 48.1 Å². The van der Waals surface area contributed by atoms with Crippen molar-refractivity contribution in [2.45, 2.75) is 25.0 Å². The normalized spacial score (nSPS) is 22.2. The first kappa shape index (κ1) is 18.0. The van der Waals surface area contributed by atoms with Crippen LogP contribution in [0.25, 0.3) is 0 Å². The third-order valence-electron chi connectivity index (χ3n) is 4.33. The number of rotatable bonds is 4. The van der Waals surface area contributed by atoms with Gasteiger partial charge in [0.25, 0.3) is 0 Å². The monoisotopic (exact) mass is 366 g/mol. The van der Waals surface area contributed by atoms with Crippen molar-refractivity contribution in [3.05, 3.63) is 43.8 Å². The average molecular weight is 367 g/mol. The Morgan fingerprint density at radius 1 is 0.875 bits per heavy atom. The zero-order valence-electron chi connectivity index (χ0n) is 14.3. The van der Waals surface area contributed by atoms with Crippen molar-refractivity contribution < 1.29 is 9.47 Å². The molecule has 0 bridgehead atoms. The highest BCUT2D eigenvalue weighted by molar-refractivity contribution is 7.10. The molecule has 0 saturated carbocycles. The lowest BCUT2D eigenvalue weighted by atomic mass is 10.1. The van der Waals surface area contributed by atoms with Gasteiger partial charge in [0.15, 0.2) is 0 Å². The molecule has 24 heavy (non-hydrogen) atoms. The Labute approximate surface area is 152 Å². The van der Waals surface area contributed by atoms with Crippen LogP contribution < -0.4 is 10.6 Å². The van der Waals surface area contributed by atoms with Gasteiger partial charge < -0.3 is 20.1 Å². The Balaban J connectivity index is 0.000000141. The number of ether oxygens (including phenoxy) is 2. The van der Waals surface area contributed by atoms with Crippen LogP contribution in [0.2, 0.25) is 0 Å². The smallest absolute Gasteiger partial charge is 0.0959 e. The summed E-state index contributed by atoms with van der Waals surface area (Å²) in [6.45, 7) is 3.59. The number of nitrogens with one attached hydrogen (secondary N) is 2. The van der Waals surface area contributed by atoms with Crippen LogP contribution in [-0.2, 0) is 22.3 Å². The van der Waals surface area contributed by atoms with Crippen molar-refractivity contribution in [2.75, 3.05) is 40.4 Å². The van der Waals surface area contributed by atoms with Crippen LogP contribution in [0.4, 0.5) is 0 Å². The summed E-state index contributed by atoms with van der Waals surface area (Å²) >= 11 is 3.69. The zero-order chi connectivity index (χ0) is 16.8. The molecule has 0 spiro atoms. The molecule has 0 unspecified atom stereocenters. The van der Waals surface area contributed by atoms with Gasteiger partial charge >= 0.3 is 0 Å². The van der Waals surface area contributed by atoms with Crippen molar-refractivity contribution in [3.63, 3.8) is 0 Å². The van der Waals surface area contributed by atoms with Crippen molar-refractivity contribution in [1.82, 2.24) is 10.6 Å². The molecule has 0 amide bonds. The molecular weight excluding hydrogens is 340 g/mol. The van der Waals surface area contributed by atoms with Gasteiger partial charge in [-0.25, -0.2) is 0 Å². The van der Waals surface area contributed by atoms with Crippen molar-refractivity contribution >= 4 is 22.7 Å². The lowest BCUT2D eigenvalue weighted by molar-refractivity contribution is 0.0450. The molecule has 0 saturated heterocycles. The van der Waals surface area contributed by atoms with E-state index in [9.17, 15) is 0 Å². The minimum Gasteiger partial charge on any atom is -0.372 e. The fourth-order valence-corrected chi connectivity index (χ4v) is 4.99. The minimum atomic E-state index is 0.282. The van der Waals surface area contributed by atoms with E-state index in [0.717, 1.165) is 39.1 Å². The summed E-state index contributed by atoms with van der Waals surface area (Å²) in [7, 11) is 3.92. The topological polar surface area (TPSA) is 42.5 Å². The molecule has 0 aromatic carbocycles. The van der Waals surface area contributed by atoms with Crippen molar-refractivity contribution in [1.29, 1.82) is 0 Å². The maximum Gasteiger partial charge on any atom is 0.0959 e. The molecule has 4 nitrogen and oxygen atoms in total. The predicted molar refractivity (Wildman–Crippen MR) is 101 cm³/mol. The molecule has 2 aliphatic rings. The quantitative estimate of drug-likeness (QED) is 0.872. The van der Waals surface area contributed by atoms with Gasteiger partial charge in [0, 0.05) is 35.7 Å². The molecular formula is C18H26N2O2S2. The molecule has 0 radical (unpaired) electrons. The second-order valence-electron chi connectivity index (χ2n) is 5.93. The van der Waals surface area contributed by atoms with Crippen LogP contribution >= 0.6 is 22.7 Å². The van der Waals surface area contributed by atoms with Crippen molar-refractivity contribution in [3.8, 4) is 0 Å². The Morgan fingerprint density at radius 3 is 1.75 bits per heavy atom. The molecule has 6 heteroatoms. The third kappa shape index (κ3) is 4.25. The van der Waals surface area contributed by atoms with E-state index in [2.05, 4.69) is 33.5 Å². The summed E-state index contributed by atoms with van der Waals surface area (Å²) in [5, 5.41) is 10.6. The standard InChI is InChI=1S/2C9H13NOS/c2*1-10-6-8-7-3-5-12-9(7)2-4-11-8/h2*3,5,8,10H,2,4,6H2,1H3/t2*8-/m10/s1. The summed E-state index contributed by atoms with van der Waals surface area (Å²) < 4.78 is 11.3. The van der Waals surface area contributed by atoms with Crippen LogP contribution in [0.15, 0.2) is 22.9 Å². The first-order chi connectivity index (χ1) is 11.8. The molecule has 2 N–H and O–H groups in total. The Bertz CT molecular complexity index is 572. The largest absolute Gasteiger partial charge is 0.372 e. The fraction of sp³-hybridized carbons (Fsp3) is 0.556. The average Bonchev–Trinajstić information content (AvgIpc) is 3.26.